The van der Waals surface area contributed by atoms with Gasteiger partial charge in [-0.1, -0.05) is 38.0 Å². The first-order chi connectivity index (χ1) is 5.88. The van der Waals surface area contributed by atoms with Crippen molar-refractivity contribution in [3.05, 3.63) is 29.9 Å². The third-order valence-corrected chi connectivity index (χ3v) is 2.12. The average molecular weight is 162 g/mol. The van der Waals surface area contributed by atoms with Crippen molar-refractivity contribution in [2.45, 2.75) is 26.2 Å². The minimum Gasteiger partial charge on any atom is -0.233 e. The van der Waals surface area contributed by atoms with Gasteiger partial charge in [-0.15, -0.1) is 0 Å². The molecule has 1 heteroatoms. The molecule has 0 aromatic heterocycles. The molecule has 0 spiro atoms. The smallest absolute Gasteiger partial charge is 0.128 e. The van der Waals surface area contributed by atoms with E-state index >= 15 is 0 Å². The maximum atomic E-state index is 10.5. The van der Waals surface area contributed by atoms with Gasteiger partial charge in [0.25, 0.3) is 0 Å². The van der Waals surface area contributed by atoms with Crippen LogP contribution in [0.15, 0.2) is 29.9 Å². The molecule has 0 radical (unpaired) electrons. The summed E-state index contributed by atoms with van der Waals surface area (Å²) in [6, 6.07) is 0. The molecule has 0 amide bonds. The van der Waals surface area contributed by atoms with Gasteiger partial charge in [0.1, 0.15) is 5.94 Å². The Hall–Kier alpha value is -1.07. The first-order valence-corrected chi connectivity index (χ1v) is 4.48. The molecular formula is C11H14O. The quantitative estimate of drug-likeness (QED) is 0.583. The molecule has 0 aromatic rings. The van der Waals surface area contributed by atoms with E-state index in [1.54, 1.807) is 0 Å². The van der Waals surface area contributed by atoms with Gasteiger partial charge in [-0.2, -0.15) is 0 Å². The molecule has 0 saturated carbocycles. The van der Waals surface area contributed by atoms with E-state index in [4.69, 9.17) is 0 Å². The van der Waals surface area contributed by atoms with Crippen molar-refractivity contribution in [3.8, 4) is 0 Å². The predicted octanol–water partition coefficient (Wildman–Crippen LogP) is 2.68. The number of allylic oxidation sites excluding steroid dienone is 5. The molecule has 1 unspecified atom stereocenters. The van der Waals surface area contributed by atoms with Crippen LogP contribution in [-0.4, -0.2) is 5.94 Å². The van der Waals surface area contributed by atoms with Crippen LogP contribution >= 0.6 is 0 Å². The van der Waals surface area contributed by atoms with Gasteiger partial charge in [0, 0.05) is 11.5 Å². The second kappa shape index (κ2) is 4.74. The minimum absolute atomic E-state index is 0.312. The molecule has 64 valence electrons. The molecule has 0 bridgehead atoms. The van der Waals surface area contributed by atoms with Crippen molar-refractivity contribution in [1.82, 2.24) is 0 Å². The van der Waals surface area contributed by atoms with Gasteiger partial charge in [0.15, 0.2) is 0 Å². The fourth-order valence-electron chi connectivity index (χ4n) is 1.37. The highest BCUT2D eigenvalue weighted by Crippen LogP contribution is 2.21. The minimum atomic E-state index is 0.312. The van der Waals surface area contributed by atoms with E-state index in [1.807, 2.05) is 24.2 Å². The van der Waals surface area contributed by atoms with Crippen LogP contribution in [0.2, 0.25) is 0 Å². The topological polar surface area (TPSA) is 17.1 Å². The molecule has 1 rings (SSSR count). The molecule has 1 nitrogen and oxygen atoms in total. The van der Waals surface area contributed by atoms with Crippen molar-refractivity contribution in [2.75, 3.05) is 0 Å². The standard InChI is InChI=1S/C11H14O/c1-2-3-6-10-7-4-5-8-11(10)9-12/h4-5,7-8,10H,2-3,6H2,1H3. The van der Waals surface area contributed by atoms with Gasteiger partial charge in [0.2, 0.25) is 0 Å². The van der Waals surface area contributed by atoms with Crippen LogP contribution < -0.4 is 0 Å². The number of hydrogen-bond acceptors (Lipinski definition) is 1. The number of unbranched alkanes of at least 4 members (excludes halogenated alkanes) is 1. The second-order valence-electron chi connectivity index (χ2n) is 3.05. The lowest BCUT2D eigenvalue weighted by molar-refractivity contribution is 0.560. The summed E-state index contributed by atoms with van der Waals surface area (Å²) in [5.74, 6) is 2.30. The second-order valence-corrected chi connectivity index (χ2v) is 3.05. The van der Waals surface area contributed by atoms with Gasteiger partial charge >= 0.3 is 0 Å². The number of carbonyl (C=O) groups excluding carboxylic acids is 1. The molecule has 0 fully saturated rings. The Morgan fingerprint density at radius 3 is 3.00 bits per heavy atom. The van der Waals surface area contributed by atoms with Crippen LogP contribution in [0, 0.1) is 5.92 Å². The maximum absolute atomic E-state index is 10.5. The SMILES string of the molecule is CCCCC1C=CC=CC1=C=O. The highest BCUT2D eigenvalue weighted by Gasteiger charge is 2.10. The van der Waals surface area contributed by atoms with Crippen LogP contribution in [0.1, 0.15) is 26.2 Å². The van der Waals surface area contributed by atoms with Crippen molar-refractivity contribution in [2.24, 2.45) is 5.92 Å². The van der Waals surface area contributed by atoms with Crippen LogP contribution in [0.3, 0.4) is 0 Å². The van der Waals surface area contributed by atoms with Crippen LogP contribution in [0.25, 0.3) is 0 Å². The molecule has 0 N–H and O–H groups in total. The highest BCUT2D eigenvalue weighted by molar-refractivity contribution is 5.60. The number of rotatable bonds is 3. The molecule has 12 heavy (non-hydrogen) atoms. The Labute approximate surface area is 73.5 Å². The van der Waals surface area contributed by atoms with Gasteiger partial charge < -0.3 is 0 Å². The lowest BCUT2D eigenvalue weighted by Crippen LogP contribution is -2.02. The van der Waals surface area contributed by atoms with E-state index in [1.165, 1.54) is 12.8 Å². The first kappa shape index (κ1) is 9.02. The molecule has 0 heterocycles. The van der Waals surface area contributed by atoms with E-state index < -0.39 is 0 Å². The molecule has 0 saturated heterocycles. The average Bonchev–Trinajstić information content (AvgIpc) is 2.15. The van der Waals surface area contributed by atoms with Gasteiger partial charge in [-0.3, -0.25) is 0 Å². The van der Waals surface area contributed by atoms with Crippen LogP contribution in [0.4, 0.5) is 0 Å². The van der Waals surface area contributed by atoms with Gasteiger partial charge in [0.05, 0.1) is 0 Å². The zero-order valence-electron chi connectivity index (χ0n) is 7.42. The summed E-state index contributed by atoms with van der Waals surface area (Å²) in [6.07, 6.45) is 11.3. The summed E-state index contributed by atoms with van der Waals surface area (Å²) in [7, 11) is 0. The van der Waals surface area contributed by atoms with Crippen molar-refractivity contribution >= 4 is 5.94 Å². The summed E-state index contributed by atoms with van der Waals surface area (Å²) in [4.78, 5) is 10.5. The van der Waals surface area contributed by atoms with E-state index in [2.05, 4.69) is 13.0 Å². The zero-order chi connectivity index (χ0) is 8.81. The number of hydrogen-bond donors (Lipinski definition) is 0. The molecule has 0 aromatic carbocycles. The lowest BCUT2D eigenvalue weighted by Gasteiger charge is -2.12. The Kier molecular flexibility index (Phi) is 3.56. The molecule has 1 aliphatic carbocycles. The van der Waals surface area contributed by atoms with Gasteiger partial charge in [-0.05, 0) is 12.5 Å². The van der Waals surface area contributed by atoms with Gasteiger partial charge in [-0.25, -0.2) is 4.79 Å². The van der Waals surface area contributed by atoms with Crippen molar-refractivity contribution < 1.29 is 4.79 Å². The summed E-state index contributed by atoms with van der Waals surface area (Å²) in [5.41, 5.74) is 0.797. The first-order valence-electron chi connectivity index (χ1n) is 4.48. The fraction of sp³-hybridized carbons (Fsp3) is 0.455. The summed E-state index contributed by atoms with van der Waals surface area (Å²) < 4.78 is 0. The normalized spacial score (nSPS) is 21.1. The summed E-state index contributed by atoms with van der Waals surface area (Å²) in [5, 5.41) is 0. The summed E-state index contributed by atoms with van der Waals surface area (Å²) in [6.45, 7) is 2.16. The zero-order valence-corrected chi connectivity index (χ0v) is 7.42. The summed E-state index contributed by atoms with van der Waals surface area (Å²) >= 11 is 0. The largest absolute Gasteiger partial charge is 0.233 e. The van der Waals surface area contributed by atoms with Crippen molar-refractivity contribution in [1.29, 1.82) is 0 Å². The molecule has 0 aliphatic heterocycles. The Morgan fingerprint density at radius 1 is 1.50 bits per heavy atom. The lowest BCUT2D eigenvalue weighted by atomic mass is 9.91. The van der Waals surface area contributed by atoms with Crippen LogP contribution in [0.5, 0.6) is 0 Å². The Morgan fingerprint density at radius 2 is 2.33 bits per heavy atom. The Balaban J connectivity index is 2.57. The highest BCUT2D eigenvalue weighted by atomic mass is 16.1. The van der Waals surface area contributed by atoms with E-state index in [0.29, 0.717) is 5.92 Å². The van der Waals surface area contributed by atoms with E-state index in [-0.39, 0.29) is 0 Å². The molecule has 1 aliphatic rings. The third kappa shape index (κ3) is 2.21. The van der Waals surface area contributed by atoms with E-state index in [0.717, 1.165) is 12.0 Å². The maximum Gasteiger partial charge on any atom is 0.128 e. The van der Waals surface area contributed by atoms with Crippen LogP contribution in [-0.2, 0) is 4.79 Å². The predicted molar refractivity (Wildman–Crippen MR) is 50.5 cm³/mol. The van der Waals surface area contributed by atoms with E-state index in [9.17, 15) is 4.79 Å². The molecular weight excluding hydrogens is 148 g/mol. The Bertz CT molecular complexity index is 242. The molecule has 1 atom stereocenters. The third-order valence-electron chi connectivity index (χ3n) is 2.12. The van der Waals surface area contributed by atoms with Crippen molar-refractivity contribution in [3.63, 3.8) is 0 Å². The monoisotopic (exact) mass is 162 g/mol. The fourth-order valence-corrected chi connectivity index (χ4v) is 1.37.